The van der Waals surface area contributed by atoms with Gasteiger partial charge in [-0.1, -0.05) is 0 Å². The number of rotatable bonds is 5. The number of carbonyl (C=O) groups is 2. The summed E-state index contributed by atoms with van der Waals surface area (Å²) in [5.74, 6) is 0.522. The molecule has 1 aliphatic heterocycles. The van der Waals surface area contributed by atoms with Crippen LogP contribution in [0.5, 0.6) is 11.5 Å². The van der Waals surface area contributed by atoms with Crippen LogP contribution in [0.2, 0.25) is 0 Å². The van der Waals surface area contributed by atoms with Gasteiger partial charge in [-0.05, 0) is 37.6 Å². The van der Waals surface area contributed by atoms with Crippen LogP contribution in [0.15, 0.2) is 23.3 Å². The van der Waals surface area contributed by atoms with Crippen LogP contribution in [-0.2, 0) is 9.59 Å². The third kappa shape index (κ3) is 4.48. The van der Waals surface area contributed by atoms with E-state index in [0.29, 0.717) is 11.5 Å². The van der Waals surface area contributed by atoms with Gasteiger partial charge in [0.25, 0.3) is 0 Å². The van der Waals surface area contributed by atoms with Crippen molar-refractivity contribution in [2.75, 3.05) is 6.79 Å². The predicted molar refractivity (Wildman–Crippen MR) is 76.2 cm³/mol. The molecule has 0 atom stereocenters. The van der Waals surface area contributed by atoms with Gasteiger partial charge in [0.2, 0.25) is 18.6 Å². The van der Waals surface area contributed by atoms with Crippen LogP contribution < -0.4 is 20.2 Å². The number of nitrogens with one attached hydrogen (secondary N) is 2. The molecule has 0 aliphatic carbocycles. The summed E-state index contributed by atoms with van der Waals surface area (Å²) in [6, 6.07) is 5.31. The Balaban J connectivity index is 1.82. The lowest BCUT2D eigenvalue weighted by Gasteiger charge is -2.06. The minimum Gasteiger partial charge on any atom is -0.454 e. The summed E-state index contributed by atoms with van der Waals surface area (Å²) in [7, 11) is 0. The van der Waals surface area contributed by atoms with Crippen molar-refractivity contribution in [3.63, 3.8) is 0 Å². The average molecular weight is 291 g/mol. The van der Waals surface area contributed by atoms with Crippen molar-refractivity contribution in [1.29, 1.82) is 0 Å². The first-order chi connectivity index (χ1) is 10.0. The van der Waals surface area contributed by atoms with Crippen molar-refractivity contribution in [1.82, 2.24) is 10.7 Å². The number of nitrogens with zero attached hydrogens (tertiary/aromatic N) is 1. The van der Waals surface area contributed by atoms with Gasteiger partial charge < -0.3 is 14.8 Å². The largest absolute Gasteiger partial charge is 0.454 e. The third-order valence-corrected chi connectivity index (χ3v) is 2.57. The predicted octanol–water partition coefficient (Wildman–Crippen LogP) is 0.780. The van der Waals surface area contributed by atoms with Crippen molar-refractivity contribution >= 4 is 18.0 Å². The van der Waals surface area contributed by atoms with Gasteiger partial charge in [0.05, 0.1) is 6.21 Å². The molecular formula is C14H17N3O4. The standard InChI is InChI=1S/C14H17N3O4/c1-9(2)16-13(18)6-14(19)17-15-7-10-3-4-11-12(5-10)21-8-20-11/h3-5,7,9H,6,8H2,1-2H3,(H,16,18)(H,17,19). The maximum Gasteiger partial charge on any atom is 0.249 e. The molecule has 0 radical (unpaired) electrons. The van der Waals surface area contributed by atoms with E-state index in [1.54, 1.807) is 18.2 Å². The number of fused-ring (bicyclic) bond motifs is 1. The highest BCUT2D eigenvalue weighted by molar-refractivity contribution is 5.97. The van der Waals surface area contributed by atoms with E-state index >= 15 is 0 Å². The molecule has 1 aromatic rings. The Labute approximate surface area is 122 Å². The molecule has 0 unspecified atom stereocenters. The summed E-state index contributed by atoms with van der Waals surface area (Å²) < 4.78 is 10.4. The molecule has 1 aliphatic rings. The molecule has 0 aromatic heterocycles. The van der Waals surface area contributed by atoms with Gasteiger partial charge in [-0.25, -0.2) is 5.43 Å². The minimum atomic E-state index is -0.467. The molecule has 112 valence electrons. The fourth-order valence-corrected chi connectivity index (χ4v) is 1.73. The van der Waals surface area contributed by atoms with Gasteiger partial charge in [-0.2, -0.15) is 5.10 Å². The highest BCUT2D eigenvalue weighted by Gasteiger charge is 2.12. The molecular weight excluding hydrogens is 274 g/mol. The summed E-state index contributed by atoms with van der Waals surface area (Å²) in [5.41, 5.74) is 3.06. The van der Waals surface area contributed by atoms with Crippen molar-refractivity contribution in [2.45, 2.75) is 26.3 Å². The molecule has 1 heterocycles. The summed E-state index contributed by atoms with van der Waals surface area (Å²) in [6.45, 7) is 3.86. The van der Waals surface area contributed by atoms with E-state index < -0.39 is 5.91 Å². The molecule has 21 heavy (non-hydrogen) atoms. The Morgan fingerprint density at radius 1 is 1.29 bits per heavy atom. The van der Waals surface area contributed by atoms with E-state index in [-0.39, 0.29) is 25.2 Å². The SMILES string of the molecule is CC(C)NC(=O)CC(=O)NN=Cc1ccc2c(c1)OCO2. The van der Waals surface area contributed by atoms with Crippen molar-refractivity contribution in [2.24, 2.45) is 5.10 Å². The molecule has 2 N–H and O–H groups in total. The van der Waals surface area contributed by atoms with Crippen molar-refractivity contribution in [3.05, 3.63) is 23.8 Å². The molecule has 2 rings (SSSR count). The van der Waals surface area contributed by atoms with E-state index in [0.717, 1.165) is 5.56 Å². The van der Waals surface area contributed by atoms with Crippen LogP contribution in [0.3, 0.4) is 0 Å². The number of amides is 2. The zero-order valence-electron chi connectivity index (χ0n) is 11.9. The van der Waals surface area contributed by atoms with Crippen molar-refractivity contribution < 1.29 is 19.1 Å². The second kappa shape index (κ2) is 6.74. The molecule has 0 fully saturated rings. The maximum absolute atomic E-state index is 11.5. The van der Waals surface area contributed by atoms with E-state index in [1.807, 2.05) is 13.8 Å². The van der Waals surface area contributed by atoms with Crippen LogP contribution in [0.25, 0.3) is 0 Å². The number of carbonyl (C=O) groups excluding carboxylic acids is 2. The third-order valence-electron chi connectivity index (χ3n) is 2.57. The lowest BCUT2D eigenvalue weighted by atomic mass is 10.2. The Bertz CT molecular complexity index is 569. The van der Waals surface area contributed by atoms with Gasteiger partial charge in [0, 0.05) is 6.04 Å². The zero-order chi connectivity index (χ0) is 15.2. The van der Waals surface area contributed by atoms with Gasteiger partial charge in [0.1, 0.15) is 6.42 Å². The van der Waals surface area contributed by atoms with Crippen molar-refractivity contribution in [3.8, 4) is 11.5 Å². The number of hydrogen-bond acceptors (Lipinski definition) is 5. The summed E-state index contributed by atoms with van der Waals surface area (Å²) in [4.78, 5) is 22.9. The van der Waals surface area contributed by atoms with Gasteiger partial charge >= 0.3 is 0 Å². The monoisotopic (exact) mass is 291 g/mol. The molecule has 0 bridgehead atoms. The number of hydrazone groups is 1. The second-order valence-electron chi connectivity index (χ2n) is 4.80. The Kier molecular flexibility index (Phi) is 4.76. The average Bonchev–Trinajstić information content (AvgIpc) is 2.84. The minimum absolute atomic E-state index is 0.00225. The maximum atomic E-state index is 11.5. The van der Waals surface area contributed by atoms with E-state index in [2.05, 4.69) is 15.8 Å². The van der Waals surface area contributed by atoms with Gasteiger partial charge in [-0.15, -0.1) is 0 Å². The van der Waals surface area contributed by atoms with E-state index in [9.17, 15) is 9.59 Å². The van der Waals surface area contributed by atoms with Crippen LogP contribution >= 0.6 is 0 Å². The first-order valence-electron chi connectivity index (χ1n) is 6.55. The van der Waals surface area contributed by atoms with Gasteiger partial charge in [-0.3, -0.25) is 9.59 Å². The summed E-state index contributed by atoms with van der Waals surface area (Å²) >= 11 is 0. The molecule has 1 aromatic carbocycles. The second-order valence-corrected chi connectivity index (χ2v) is 4.80. The number of benzene rings is 1. The molecule has 0 saturated carbocycles. The highest BCUT2D eigenvalue weighted by atomic mass is 16.7. The number of ether oxygens (including phenoxy) is 2. The topological polar surface area (TPSA) is 89.0 Å². The zero-order valence-corrected chi connectivity index (χ0v) is 11.9. The first kappa shape index (κ1) is 14.8. The Morgan fingerprint density at radius 2 is 2.05 bits per heavy atom. The summed E-state index contributed by atoms with van der Waals surface area (Å²) in [5, 5.41) is 6.43. The lowest BCUT2D eigenvalue weighted by Crippen LogP contribution is -2.34. The first-order valence-corrected chi connectivity index (χ1v) is 6.55. The van der Waals surface area contributed by atoms with Gasteiger partial charge in [0.15, 0.2) is 11.5 Å². The van der Waals surface area contributed by atoms with Crippen LogP contribution in [0.1, 0.15) is 25.8 Å². The normalized spacial score (nSPS) is 12.7. The van der Waals surface area contributed by atoms with Crippen LogP contribution in [0.4, 0.5) is 0 Å². The molecule has 0 spiro atoms. The highest BCUT2D eigenvalue weighted by Crippen LogP contribution is 2.31. The molecule has 7 nitrogen and oxygen atoms in total. The van der Waals surface area contributed by atoms with Crippen LogP contribution in [-0.4, -0.2) is 30.9 Å². The quantitative estimate of drug-likeness (QED) is 0.476. The van der Waals surface area contributed by atoms with Crippen LogP contribution in [0, 0.1) is 0 Å². The number of hydrogen-bond donors (Lipinski definition) is 2. The molecule has 0 saturated heterocycles. The molecule has 7 heteroatoms. The lowest BCUT2D eigenvalue weighted by molar-refractivity contribution is -0.129. The Morgan fingerprint density at radius 3 is 2.81 bits per heavy atom. The smallest absolute Gasteiger partial charge is 0.249 e. The Hall–Kier alpha value is -2.57. The fourth-order valence-electron chi connectivity index (χ4n) is 1.73. The van der Waals surface area contributed by atoms with E-state index in [4.69, 9.17) is 9.47 Å². The summed E-state index contributed by atoms with van der Waals surface area (Å²) in [6.07, 6.45) is 1.22. The fraction of sp³-hybridized carbons (Fsp3) is 0.357. The van der Waals surface area contributed by atoms with E-state index in [1.165, 1.54) is 6.21 Å². The molecule has 2 amide bonds.